The average molecular weight is 348 g/mol. The molecule has 0 saturated carbocycles. The van der Waals surface area contributed by atoms with E-state index in [1.54, 1.807) is 18.2 Å². The molecule has 1 heterocycles. The van der Waals surface area contributed by atoms with Gasteiger partial charge in [-0.1, -0.05) is 29.3 Å². The van der Waals surface area contributed by atoms with Gasteiger partial charge in [0.2, 0.25) is 0 Å². The van der Waals surface area contributed by atoms with E-state index in [0.29, 0.717) is 15.6 Å². The first-order valence-electron chi connectivity index (χ1n) is 6.46. The number of benzene rings is 1. The maximum absolute atomic E-state index is 9.42. The number of rotatable bonds is 4. The third-order valence-corrected chi connectivity index (χ3v) is 3.74. The van der Waals surface area contributed by atoms with Crippen LogP contribution in [0.3, 0.4) is 0 Å². The number of hydrogen-bond acceptors (Lipinski definition) is 5. The van der Waals surface area contributed by atoms with Gasteiger partial charge in [0.1, 0.15) is 29.2 Å². The molecular formula is C15H11Cl2N5O. The van der Waals surface area contributed by atoms with Gasteiger partial charge in [0.05, 0.1) is 18.7 Å². The Balaban J connectivity index is 2.64. The first kappa shape index (κ1) is 16.9. The van der Waals surface area contributed by atoms with Crippen molar-refractivity contribution in [3.05, 3.63) is 45.1 Å². The fourth-order valence-corrected chi connectivity index (χ4v) is 2.49. The molecule has 6 nitrogen and oxygen atoms in total. The Morgan fingerprint density at radius 2 is 2.00 bits per heavy atom. The van der Waals surface area contributed by atoms with Crippen molar-refractivity contribution in [1.29, 1.82) is 10.5 Å². The molecule has 0 radical (unpaired) electrons. The SMILES string of the molecule is N#CC(=Cc1c(Cl)cccc1Cl)c1nn(CCO)c(N)c1C#N. The Kier molecular flexibility index (Phi) is 5.25. The van der Waals surface area contributed by atoms with Crippen molar-refractivity contribution in [3.8, 4) is 12.1 Å². The molecule has 0 saturated heterocycles. The van der Waals surface area contributed by atoms with E-state index in [0.717, 1.165) is 0 Å². The van der Waals surface area contributed by atoms with E-state index in [4.69, 9.17) is 34.0 Å². The van der Waals surface area contributed by atoms with Crippen LogP contribution in [0.15, 0.2) is 18.2 Å². The number of aliphatic hydroxyl groups excluding tert-OH is 1. The Bertz CT molecular complexity index is 838. The number of nitriles is 2. The van der Waals surface area contributed by atoms with E-state index >= 15 is 0 Å². The third kappa shape index (κ3) is 3.30. The minimum atomic E-state index is -0.196. The van der Waals surface area contributed by atoms with Gasteiger partial charge in [-0.2, -0.15) is 15.6 Å². The molecule has 8 heteroatoms. The maximum atomic E-state index is 9.42. The normalized spacial score (nSPS) is 11.1. The van der Waals surface area contributed by atoms with Gasteiger partial charge >= 0.3 is 0 Å². The fourth-order valence-electron chi connectivity index (χ4n) is 1.99. The molecular weight excluding hydrogens is 337 g/mol. The zero-order valence-corrected chi connectivity index (χ0v) is 13.3. The van der Waals surface area contributed by atoms with Gasteiger partial charge in [0, 0.05) is 15.6 Å². The predicted molar refractivity (Wildman–Crippen MR) is 88.4 cm³/mol. The molecule has 0 unspecified atom stereocenters. The van der Waals surface area contributed by atoms with Gasteiger partial charge in [0.15, 0.2) is 0 Å². The lowest BCUT2D eigenvalue weighted by atomic mass is 10.1. The van der Waals surface area contributed by atoms with Crippen LogP contribution in [0.1, 0.15) is 16.8 Å². The molecule has 0 atom stereocenters. The summed E-state index contributed by atoms with van der Waals surface area (Å²) in [5.74, 6) is 0.0861. The second-order valence-electron chi connectivity index (χ2n) is 4.47. The van der Waals surface area contributed by atoms with Crippen LogP contribution < -0.4 is 5.73 Å². The number of aliphatic hydroxyl groups is 1. The number of halogens is 2. The quantitative estimate of drug-likeness (QED) is 0.825. The van der Waals surface area contributed by atoms with E-state index in [2.05, 4.69) is 5.10 Å². The Morgan fingerprint density at radius 1 is 1.35 bits per heavy atom. The van der Waals surface area contributed by atoms with Crippen LogP contribution in [0.4, 0.5) is 5.82 Å². The molecule has 3 N–H and O–H groups in total. The van der Waals surface area contributed by atoms with Crippen LogP contribution in [0, 0.1) is 22.7 Å². The summed E-state index contributed by atoms with van der Waals surface area (Å²) in [6.07, 6.45) is 1.45. The van der Waals surface area contributed by atoms with Crippen molar-refractivity contribution in [3.63, 3.8) is 0 Å². The minimum absolute atomic E-state index is 0.0643. The Hall–Kier alpha value is -2.51. The molecule has 0 bridgehead atoms. The summed E-state index contributed by atoms with van der Waals surface area (Å²) >= 11 is 12.2. The molecule has 0 aliphatic rings. The Labute approximate surface area is 142 Å². The third-order valence-electron chi connectivity index (χ3n) is 3.08. The smallest absolute Gasteiger partial charge is 0.140 e. The summed E-state index contributed by atoms with van der Waals surface area (Å²) in [7, 11) is 0. The number of nitrogens with two attached hydrogens (primary N) is 1. The number of nitrogens with zero attached hydrogens (tertiary/aromatic N) is 4. The standard InChI is InChI=1S/C15H11Cl2N5O/c16-12-2-1-3-13(17)10(12)6-9(7-18)14-11(8-19)15(20)22(21-14)4-5-23/h1-3,6,23H,4-5,20H2. The predicted octanol–water partition coefficient (Wildman–Crippen LogP) is 2.70. The Morgan fingerprint density at radius 3 is 2.52 bits per heavy atom. The topological polar surface area (TPSA) is 112 Å². The number of hydrogen-bond donors (Lipinski definition) is 2. The molecule has 23 heavy (non-hydrogen) atoms. The molecule has 0 aliphatic heterocycles. The molecule has 1 aromatic heterocycles. The second kappa shape index (κ2) is 7.17. The summed E-state index contributed by atoms with van der Waals surface area (Å²) in [4.78, 5) is 0. The molecule has 0 spiro atoms. The van der Waals surface area contributed by atoms with Crippen LogP contribution in [0.5, 0.6) is 0 Å². The lowest BCUT2D eigenvalue weighted by Crippen LogP contribution is -2.07. The molecule has 0 fully saturated rings. The van der Waals surface area contributed by atoms with E-state index in [1.165, 1.54) is 10.8 Å². The second-order valence-corrected chi connectivity index (χ2v) is 5.29. The molecule has 1 aromatic carbocycles. The van der Waals surface area contributed by atoms with E-state index in [-0.39, 0.29) is 35.8 Å². The lowest BCUT2D eigenvalue weighted by molar-refractivity contribution is 0.270. The van der Waals surface area contributed by atoms with Crippen molar-refractivity contribution < 1.29 is 5.11 Å². The number of allylic oxidation sites excluding steroid dienone is 1. The van der Waals surface area contributed by atoms with Crippen LogP contribution in [0.2, 0.25) is 10.0 Å². The van der Waals surface area contributed by atoms with Crippen molar-refractivity contribution in [2.45, 2.75) is 6.54 Å². The highest BCUT2D eigenvalue weighted by Crippen LogP contribution is 2.30. The van der Waals surface area contributed by atoms with E-state index < -0.39 is 0 Å². The zero-order chi connectivity index (χ0) is 17.0. The van der Waals surface area contributed by atoms with Crippen LogP contribution in [0.25, 0.3) is 11.6 Å². The number of anilines is 1. The van der Waals surface area contributed by atoms with Crippen LogP contribution in [-0.2, 0) is 6.54 Å². The number of aromatic nitrogens is 2. The molecule has 2 rings (SSSR count). The van der Waals surface area contributed by atoms with Gasteiger partial charge in [0.25, 0.3) is 0 Å². The largest absolute Gasteiger partial charge is 0.394 e. The summed E-state index contributed by atoms with van der Waals surface area (Å²) in [6.45, 7) is -0.0792. The van der Waals surface area contributed by atoms with Crippen LogP contribution in [-0.4, -0.2) is 21.5 Å². The van der Waals surface area contributed by atoms with Crippen molar-refractivity contribution in [2.75, 3.05) is 12.3 Å². The van der Waals surface area contributed by atoms with E-state index in [9.17, 15) is 10.5 Å². The highest BCUT2D eigenvalue weighted by molar-refractivity contribution is 6.37. The van der Waals surface area contributed by atoms with Gasteiger partial charge in [-0.25, -0.2) is 4.68 Å². The highest BCUT2D eigenvalue weighted by atomic mass is 35.5. The van der Waals surface area contributed by atoms with Gasteiger partial charge in [-0.05, 0) is 18.2 Å². The van der Waals surface area contributed by atoms with Crippen LogP contribution >= 0.6 is 23.2 Å². The van der Waals surface area contributed by atoms with Gasteiger partial charge < -0.3 is 10.8 Å². The monoisotopic (exact) mass is 347 g/mol. The molecule has 2 aromatic rings. The number of nitrogen functional groups attached to an aromatic ring is 1. The van der Waals surface area contributed by atoms with Gasteiger partial charge in [-0.3, -0.25) is 0 Å². The fraction of sp³-hybridized carbons (Fsp3) is 0.133. The first-order chi connectivity index (χ1) is 11.0. The molecule has 0 aliphatic carbocycles. The van der Waals surface area contributed by atoms with Crippen molar-refractivity contribution in [2.24, 2.45) is 0 Å². The van der Waals surface area contributed by atoms with E-state index in [1.807, 2.05) is 12.1 Å². The van der Waals surface area contributed by atoms with Crippen molar-refractivity contribution in [1.82, 2.24) is 9.78 Å². The minimum Gasteiger partial charge on any atom is -0.394 e. The van der Waals surface area contributed by atoms with Gasteiger partial charge in [-0.15, -0.1) is 0 Å². The molecule has 0 amide bonds. The highest BCUT2D eigenvalue weighted by Gasteiger charge is 2.19. The molecule has 116 valence electrons. The maximum Gasteiger partial charge on any atom is 0.140 e. The lowest BCUT2D eigenvalue weighted by Gasteiger charge is -2.02. The zero-order valence-electron chi connectivity index (χ0n) is 11.8. The first-order valence-corrected chi connectivity index (χ1v) is 7.22. The van der Waals surface area contributed by atoms with Crippen molar-refractivity contribution >= 4 is 40.7 Å². The summed E-state index contributed by atoms with van der Waals surface area (Å²) in [5.41, 5.74) is 6.56. The average Bonchev–Trinajstić information content (AvgIpc) is 2.84. The summed E-state index contributed by atoms with van der Waals surface area (Å²) < 4.78 is 1.27. The summed E-state index contributed by atoms with van der Waals surface area (Å²) in [6, 6.07) is 8.86. The summed E-state index contributed by atoms with van der Waals surface area (Å²) in [5, 5.41) is 32.6.